The highest BCUT2D eigenvalue weighted by atomic mass is 16.5. The number of carbonyl (C=O) groups excluding carboxylic acids is 2. The molecule has 0 aliphatic heterocycles. The molecule has 4 rings (SSSR count). The third-order valence-corrected chi connectivity index (χ3v) is 5.89. The average molecular weight is 405 g/mol. The Morgan fingerprint density at radius 1 is 0.967 bits per heavy atom. The standard InChI is InChI=1S/C24H23NO5/c1-14-8-9-19-21-16(11-20(25-19)15-6-5-7-17(10-15)28-2)12-24(13-18(14)21,22(26)29-3)23(27)30-4/h5-11H,12-13H2,1-4H3. The van der Waals surface area contributed by atoms with Gasteiger partial charge in [-0.2, -0.15) is 0 Å². The summed E-state index contributed by atoms with van der Waals surface area (Å²) in [5.74, 6) is -0.446. The van der Waals surface area contributed by atoms with E-state index in [0.29, 0.717) is 0 Å². The maximum Gasteiger partial charge on any atom is 0.323 e. The lowest BCUT2D eigenvalue weighted by atomic mass is 9.70. The molecule has 0 amide bonds. The molecule has 0 fully saturated rings. The number of rotatable bonds is 4. The van der Waals surface area contributed by atoms with Crippen LogP contribution in [-0.2, 0) is 31.9 Å². The van der Waals surface area contributed by atoms with Gasteiger partial charge in [0.15, 0.2) is 5.41 Å². The van der Waals surface area contributed by atoms with Gasteiger partial charge in [0.25, 0.3) is 0 Å². The Labute approximate surface area is 174 Å². The van der Waals surface area contributed by atoms with Gasteiger partial charge in [-0.3, -0.25) is 9.59 Å². The largest absolute Gasteiger partial charge is 0.497 e. The van der Waals surface area contributed by atoms with Crippen molar-refractivity contribution in [3.05, 3.63) is 59.2 Å². The number of ether oxygens (including phenoxy) is 3. The fourth-order valence-corrected chi connectivity index (χ4v) is 4.34. The summed E-state index contributed by atoms with van der Waals surface area (Å²) in [6.45, 7) is 1.97. The van der Waals surface area contributed by atoms with Crippen molar-refractivity contribution in [2.75, 3.05) is 21.3 Å². The quantitative estimate of drug-likeness (QED) is 0.487. The molecule has 154 valence electrons. The van der Waals surface area contributed by atoms with E-state index in [1.54, 1.807) is 7.11 Å². The first-order chi connectivity index (χ1) is 14.4. The molecule has 1 aliphatic carbocycles. The highest BCUT2D eigenvalue weighted by Crippen LogP contribution is 2.43. The van der Waals surface area contributed by atoms with Crippen LogP contribution in [-0.4, -0.2) is 38.3 Å². The molecule has 0 saturated heterocycles. The summed E-state index contributed by atoms with van der Waals surface area (Å²) in [6.07, 6.45) is 0.418. The van der Waals surface area contributed by atoms with E-state index in [9.17, 15) is 9.59 Å². The Morgan fingerprint density at radius 2 is 1.70 bits per heavy atom. The van der Waals surface area contributed by atoms with Crippen molar-refractivity contribution in [3.63, 3.8) is 0 Å². The molecule has 0 spiro atoms. The number of hydrogen-bond donors (Lipinski definition) is 0. The predicted octanol–water partition coefficient (Wildman–Crippen LogP) is 3.65. The number of nitrogens with zero attached hydrogens (tertiary/aromatic N) is 1. The van der Waals surface area contributed by atoms with Crippen LogP contribution < -0.4 is 4.74 Å². The molecular formula is C24H23NO5. The average Bonchev–Trinajstić information content (AvgIpc) is 2.79. The third kappa shape index (κ3) is 3.00. The normalized spacial score (nSPS) is 14.3. The van der Waals surface area contributed by atoms with Gasteiger partial charge in [-0.1, -0.05) is 18.2 Å². The van der Waals surface area contributed by atoms with Crippen LogP contribution in [0.4, 0.5) is 0 Å². The smallest absolute Gasteiger partial charge is 0.323 e. The summed E-state index contributed by atoms with van der Waals surface area (Å²) in [4.78, 5) is 30.5. The second-order valence-corrected chi connectivity index (χ2v) is 7.57. The summed E-state index contributed by atoms with van der Waals surface area (Å²) < 4.78 is 15.4. The van der Waals surface area contributed by atoms with E-state index >= 15 is 0 Å². The zero-order valence-electron chi connectivity index (χ0n) is 17.4. The highest BCUT2D eigenvalue weighted by molar-refractivity contribution is 6.04. The number of carbonyl (C=O) groups is 2. The summed E-state index contributed by atoms with van der Waals surface area (Å²) in [6, 6.07) is 13.5. The first-order valence-corrected chi connectivity index (χ1v) is 9.67. The molecule has 3 aromatic rings. The van der Waals surface area contributed by atoms with Crippen LogP contribution in [0.2, 0.25) is 0 Å². The molecule has 0 atom stereocenters. The second-order valence-electron chi connectivity index (χ2n) is 7.57. The molecule has 0 saturated carbocycles. The van der Waals surface area contributed by atoms with E-state index in [1.165, 1.54) is 14.2 Å². The highest BCUT2D eigenvalue weighted by Gasteiger charge is 2.51. The van der Waals surface area contributed by atoms with E-state index in [2.05, 4.69) is 0 Å². The fraction of sp³-hybridized carbons (Fsp3) is 0.292. The number of pyridine rings is 1. The molecule has 0 unspecified atom stereocenters. The third-order valence-electron chi connectivity index (χ3n) is 5.89. The topological polar surface area (TPSA) is 74.7 Å². The van der Waals surface area contributed by atoms with E-state index < -0.39 is 17.4 Å². The van der Waals surface area contributed by atoms with Crippen LogP contribution in [0.1, 0.15) is 16.7 Å². The molecule has 0 N–H and O–H groups in total. The molecule has 6 heteroatoms. The molecule has 6 nitrogen and oxygen atoms in total. The van der Waals surface area contributed by atoms with Crippen LogP contribution in [0.5, 0.6) is 5.75 Å². The monoisotopic (exact) mass is 405 g/mol. The number of benzene rings is 2. The maximum absolute atomic E-state index is 12.8. The van der Waals surface area contributed by atoms with Crippen LogP contribution in [0.25, 0.3) is 22.2 Å². The van der Waals surface area contributed by atoms with Crippen LogP contribution >= 0.6 is 0 Å². The van der Waals surface area contributed by atoms with Crippen molar-refractivity contribution in [1.82, 2.24) is 4.98 Å². The minimum Gasteiger partial charge on any atom is -0.497 e. The zero-order valence-corrected chi connectivity index (χ0v) is 17.4. The number of aromatic nitrogens is 1. The Bertz CT molecular complexity index is 1150. The molecule has 1 aromatic heterocycles. The molecular weight excluding hydrogens is 382 g/mol. The molecule has 0 bridgehead atoms. The lowest BCUT2D eigenvalue weighted by Crippen LogP contribution is -2.46. The molecule has 2 aromatic carbocycles. The maximum atomic E-state index is 12.8. The van der Waals surface area contributed by atoms with Gasteiger partial charge >= 0.3 is 11.9 Å². The van der Waals surface area contributed by atoms with Crippen molar-refractivity contribution in [3.8, 4) is 17.0 Å². The van der Waals surface area contributed by atoms with E-state index in [4.69, 9.17) is 19.2 Å². The first kappa shape index (κ1) is 19.9. The summed E-state index contributed by atoms with van der Waals surface area (Å²) >= 11 is 0. The van der Waals surface area contributed by atoms with Crippen molar-refractivity contribution in [2.45, 2.75) is 19.8 Å². The van der Waals surface area contributed by atoms with Crippen LogP contribution in [0.15, 0.2) is 42.5 Å². The molecule has 0 radical (unpaired) electrons. The van der Waals surface area contributed by atoms with Crippen molar-refractivity contribution in [1.29, 1.82) is 0 Å². The minimum atomic E-state index is -1.41. The summed E-state index contributed by atoms with van der Waals surface area (Å²) in [5.41, 5.74) is 3.85. The minimum absolute atomic E-state index is 0.193. The predicted molar refractivity (Wildman–Crippen MR) is 112 cm³/mol. The van der Waals surface area contributed by atoms with Gasteiger partial charge < -0.3 is 14.2 Å². The SMILES string of the molecule is COC(=O)C1(C(=O)OC)Cc2cc(-c3cccc(OC)c3)nc3ccc(C)c(c23)C1. The number of hydrogen-bond acceptors (Lipinski definition) is 6. The van der Waals surface area contributed by atoms with Crippen LogP contribution in [0, 0.1) is 12.3 Å². The van der Waals surface area contributed by atoms with Gasteiger partial charge in [0.2, 0.25) is 0 Å². The first-order valence-electron chi connectivity index (χ1n) is 9.67. The van der Waals surface area contributed by atoms with Gasteiger partial charge in [0, 0.05) is 23.8 Å². The lowest BCUT2D eigenvalue weighted by molar-refractivity contribution is -0.169. The second kappa shape index (κ2) is 7.44. The number of esters is 2. The van der Waals surface area contributed by atoms with Gasteiger partial charge in [0.05, 0.1) is 32.5 Å². The lowest BCUT2D eigenvalue weighted by Gasteiger charge is -2.34. The zero-order chi connectivity index (χ0) is 21.5. The summed E-state index contributed by atoms with van der Waals surface area (Å²) in [7, 11) is 4.21. The van der Waals surface area contributed by atoms with E-state index in [1.807, 2.05) is 49.4 Å². The fourth-order valence-electron chi connectivity index (χ4n) is 4.34. The number of aryl methyl sites for hydroxylation is 1. The van der Waals surface area contributed by atoms with Crippen molar-refractivity contribution in [2.24, 2.45) is 5.41 Å². The van der Waals surface area contributed by atoms with E-state index in [0.717, 1.165) is 44.6 Å². The Hall–Kier alpha value is -3.41. The number of methoxy groups -OCH3 is 3. The van der Waals surface area contributed by atoms with Gasteiger partial charge in [-0.25, -0.2) is 4.98 Å². The van der Waals surface area contributed by atoms with Gasteiger partial charge in [0.1, 0.15) is 5.75 Å². The molecule has 1 heterocycles. The summed E-state index contributed by atoms with van der Waals surface area (Å²) in [5, 5.41) is 0.991. The Morgan fingerprint density at radius 3 is 2.37 bits per heavy atom. The Balaban J connectivity index is 1.97. The van der Waals surface area contributed by atoms with E-state index in [-0.39, 0.29) is 12.8 Å². The van der Waals surface area contributed by atoms with Gasteiger partial charge in [-0.05, 0) is 47.9 Å². The van der Waals surface area contributed by atoms with Crippen molar-refractivity contribution < 1.29 is 23.8 Å². The van der Waals surface area contributed by atoms with Gasteiger partial charge in [-0.15, -0.1) is 0 Å². The van der Waals surface area contributed by atoms with Crippen LogP contribution in [0.3, 0.4) is 0 Å². The Kier molecular flexibility index (Phi) is 4.94. The molecule has 1 aliphatic rings. The van der Waals surface area contributed by atoms with Crippen molar-refractivity contribution >= 4 is 22.8 Å². The molecule has 30 heavy (non-hydrogen) atoms.